The first kappa shape index (κ1) is 12.1. The number of pyridine rings is 1. The molecule has 1 aromatic rings. The molecular formula is C11H15BrClN3. The number of hydrogen-bond donors (Lipinski definition) is 2. The maximum atomic E-state index is 6.11. The molecule has 1 aliphatic rings. The number of nitrogens with one attached hydrogen (secondary N) is 1. The normalized spacial score (nSPS) is 24.7. The molecule has 2 atom stereocenters. The van der Waals surface area contributed by atoms with Crippen molar-refractivity contribution in [2.45, 2.75) is 25.3 Å². The summed E-state index contributed by atoms with van der Waals surface area (Å²) < 4.78 is 0.893. The Morgan fingerprint density at radius 1 is 1.56 bits per heavy atom. The van der Waals surface area contributed by atoms with Gasteiger partial charge in [-0.2, -0.15) is 0 Å². The third-order valence-electron chi connectivity index (χ3n) is 3.09. The third kappa shape index (κ3) is 2.67. The zero-order valence-corrected chi connectivity index (χ0v) is 11.3. The Morgan fingerprint density at radius 2 is 2.38 bits per heavy atom. The van der Waals surface area contributed by atoms with E-state index >= 15 is 0 Å². The van der Waals surface area contributed by atoms with Crippen molar-refractivity contribution in [1.82, 2.24) is 4.98 Å². The zero-order chi connectivity index (χ0) is 11.5. The first-order valence-electron chi connectivity index (χ1n) is 5.48. The van der Waals surface area contributed by atoms with Crippen LogP contribution in [-0.2, 0) is 0 Å². The standard InChI is InChI=1S/C11H15BrClN3/c12-8-4-9(13)11(15-6-8)16-10-3-1-2-7(10)5-14/h4,6-7,10H,1-3,5,14H2,(H,15,16). The lowest BCUT2D eigenvalue weighted by atomic mass is 10.0. The maximum absolute atomic E-state index is 6.11. The third-order valence-corrected chi connectivity index (χ3v) is 3.81. The van der Waals surface area contributed by atoms with Crippen LogP contribution < -0.4 is 11.1 Å². The molecule has 0 radical (unpaired) electrons. The van der Waals surface area contributed by atoms with Gasteiger partial charge < -0.3 is 11.1 Å². The molecule has 5 heteroatoms. The molecule has 1 fully saturated rings. The summed E-state index contributed by atoms with van der Waals surface area (Å²) in [5.41, 5.74) is 5.74. The lowest BCUT2D eigenvalue weighted by Crippen LogP contribution is -2.29. The van der Waals surface area contributed by atoms with Gasteiger partial charge >= 0.3 is 0 Å². The summed E-state index contributed by atoms with van der Waals surface area (Å²) in [6.07, 6.45) is 5.33. The maximum Gasteiger partial charge on any atom is 0.145 e. The smallest absolute Gasteiger partial charge is 0.145 e. The summed E-state index contributed by atoms with van der Waals surface area (Å²) in [6, 6.07) is 2.26. The highest BCUT2D eigenvalue weighted by Crippen LogP contribution is 2.30. The molecule has 0 spiro atoms. The summed E-state index contributed by atoms with van der Waals surface area (Å²) in [5.74, 6) is 1.30. The SMILES string of the molecule is NCC1CCCC1Nc1ncc(Br)cc1Cl. The van der Waals surface area contributed by atoms with Gasteiger partial charge in [0.2, 0.25) is 0 Å². The van der Waals surface area contributed by atoms with E-state index in [1.807, 2.05) is 6.07 Å². The molecular weight excluding hydrogens is 289 g/mol. The fraction of sp³-hybridized carbons (Fsp3) is 0.545. The van der Waals surface area contributed by atoms with Gasteiger partial charge in [0.05, 0.1) is 5.02 Å². The van der Waals surface area contributed by atoms with Gasteiger partial charge in [0.1, 0.15) is 5.82 Å². The minimum absolute atomic E-state index is 0.413. The summed E-state index contributed by atoms with van der Waals surface area (Å²) in [7, 11) is 0. The van der Waals surface area contributed by atoms with E-state index in [1.165, 1.54) is 12.8 Å². The molecule has 16 heavy (non-hydrogen) atoms. The van der Waals surface area contributed by atoms with E-state index in [1.54, 1.807) is 6.20 Å². The number of anilines is 1. The monoisotopic (exact) mass is 303 g/mol. The molecule has 88 valence electrons. The van der Waals surface area contributed by atoms with Crippen LogP contribution in [0.2, 0.25) is 5.02 Å². The van der Waals surface area contributed by atoms with Crippen LogP contribution in [0.25, 0.3) is 0 Å². The van der Waals surface area contributed by atoms with Crippen molar-refractivity contribution >= 4 is 33.3 Å². The molecule has 2 rings (SSSR count). The summed E-state index contributed by atoms with van der Waals surface area (Å²) in [6.45, 7) is 0.728. The van der Waals surface area contributed by atoms with Gasteiger partial charge in [0, 0.05) is 16.7 Å². The van der Waals surface area contributed by atoms with Gasteiger partial charge in [-0.3, -0.25) is 0 Å². The Hall–Kier alpha value is -0.320. The van der Waals surface area contributed by atoms with Crippen LogP contribution in [0.1, 0.15) is 19.3 Å². The van der Waals surface area contributed by atoms with Crippen molar-refractivity contribution < 1.29 is 0 Å². The van der Waals surface area contributed by atoms with Crippen molar-refractivity contribution in [2.24, 2.45) is 11.7 Å². The highest BCUT2D eigenvalue weighted by Gasteiger charge is 2.26. The number of hydrogen-bond acceptors (Lipinski definition) is 3. The zero-order valence-electron chi connectivity index (χ0n) is 8.92. The van der Waals surface area contributed by atoms with Crippen LogP contribution in [0.15, 0.2) is 16.7 Å². The van der Waals surface area contributed by atoms with Crippen LogP contribution >= 0.6 is 27.5 Å². The molecule has 0 aromatic carbocycles. The topological polar surface area (TPSA) is 50.9 Å². The van der Waals surface area contributed by atoms with E-state index in [0.717, 1.165) is 23.3 Å². The molecule has 0 bridgehead atoms. The van der Waals surface area contributed by atoms with E-state index < -0.39 is 0 Å². The van der Waals surface area contributed by atoms with Gasteiger partial charge in [-0.05, 0) is 47.3 Å². The van der Waals surface area contributed by atoms with Gasteiger partial charge in [-0.1, -0.05) is 18.0 Å². The number of rotatable bonds is 3. The molecule has 1 aliphatic carbocycles. The van der Waals surface area contributed by atoms with Crippen molar-refractivity contribution in [1.29, 1.82) is 0 Å². The van der Waals surface area contributed by atoms with E-state index in [9.17, 15) is 0 Å². The van der Waals surface area contributed by atoms with Crippen molar-refractivity contribution in [3.63, 3.8) is 0 Å². The minimum Gasteiger partial charge on any atom is -0.366 e. The van der Waals surface area contributed by atoms with Crippen molar-refractivity contribution in [3.8, 4) is 0 Å². The number of aromatic nitrogens is 1. The Kier molecular flexibility index (Phi) is 4.05. The van der Waals surface area contributed by atoms with E-state index in [4.69, 9.17) is 17.3 Å². The van der Waals surface area contributed by atoms with Gasteiger partial charge in [0.25, 0.3) is 0 Å². The van der Waals surface area contributed by atoms with Gasteiger partial charge in [-0.15, -0.1) is 0 Å². The average molecular weight is 305 g/mol. The predicted molar refractivity (Wildman–Crippen MR) is 70.8 cm³/mol. The van der Waals surface area contributed by atoms with Crippen LogP contribution in [0.5, 0.6) is 0 Å². The Morgan fingerprint density at radius 3 is 3.06 bits per heavy atom. The van der Waals surface area contributed by atoms with Gasteiger partial charge in [-0.25, -0.2) is 4.98 Å². The number of halogens is 2. The van der Waals surface area contributed by atoms with Crippen LogP contribution in [0, 0.1) is 5.92 Å². The highest BCUT2D eigenvalue weighted by molar-refractivity contribution is 9.10. The van der Waals surface area contributed by atoms with Crippen LogP contribution in [0.4, 0.5) is 5.82 Å². The Bertz CT molecular complexity index is 372. The lowest BCUT2D eigenvalue weighted by Gasteiger charge is -2.20. The first-order valence-corrected chi connectivity index (χ1v) is 6.65. The molecule has 1 heterocycles. The quantitative estimate of drug-likeness (QED) is 0.902. The second-order valence-electron chi connectivity index (χ2n) is 4.16. The molecule has 0 aliphatic heterocycles. The van der Waals surface area contributed by atoms with Crippen LogP contribution in [0.3, 0.4) is 0 Å². The molecule has 1 saturated carbocycles. The molecule has 1 aromatic heterocycles. The number of nitrogens with zero attached hydrogens (tertiary/aromatic N) is 1. The summed E-state index contributed by atoms with van der Waals surface area (Å²) in [5, 5.41) is 4.04. The summed E-state index contributed by atoms with van der Waals surface area (Å²) >= 11 is 9.45. The Balaban J connectivity index is 2.08. The fourth-order valence-electron chi connectivity index (χ4n) is 2.21. The van der Waals surface area contributed by atoms with Crippen molar-refractivity contribution in [3.05, 3.63) is 21.8 Å². The highest BCUT2D eigenvalue weighted by atomic mass is 79.9. The van der Waals surface area contributed by atoms with E-state index in [2.05, 4.69) is 26.2 Å². The van der Waals surface area contributed by atoms with Gasteiger partial charge in [0.15, 0.2) is 0 Å². The predicted octanol–water partition coefficient (Wildman–Crippen LogP) is 3.04. The largest absolute Gasteiger partial charge is 0.366 e. The van der Waals surface area contributed by atoms with E-state index in [-0.39, 0.29) is 0 Å². The molecule has 0 saturated heterocycles. The molecule has 0 amide bonds. The number of nitrogens with two attached hydrogens (primary N) is 1. The second-order valence-corrected chi connectivity index (χ2v) is 5.48. The second kappa shape index (κ2) is 5.34. The Labute approximate surface area is 109 Å². The average Bonchev–Trinajstić information content (AvgIpc) is 2.69. The molecule has 3 N–H and O–H groups in total. The molecule has 2 unspecified atom stereocenters. The fourth-order valence-corrected chi connectivity index (χ4v) is 2.89. The molecule has 3 nitrogen and oxygen atoms in total. The van der Waals surface area contributed by atoms with E-state index in [0.29, 0.717) is 17.0 Å². The minimum atomic E-state index is 0.413. The lowest BCUT2D eigenvalue weighted by molar-refractivity contribution is 0.515. The first-order chi connectivity index (χ1) is 7.70. The van der Waals surface area contributed by atoms with Crippen LogP contribution in [-0.4, -0.2) is 17.6 Å². The summed E-state index contributed by atoms with van der Waals surface area (Å²) in [4.78, 5) is 4.28. The van der Waals surface area contributed by atoms with Crippen molar-refractivity contribution in [2.75, 3.05) is 11.9 Å².